The number of hydrogen-bond donors (Lipinski definition) is 1. The van der Waals surface area contributed by atoms with Gasteiger partial charge in [-0.15, -0.1) is 0 Å². The molecule has 1 saturated heterocycles. The molecule has 0 bridgehead atoms. The highest BCUT2D eigenvalue weighted by atomic mass is 16.6. The molecule has 2 heterocycles. The predicted molar refractivity (Wildman–Crippen MR) is 76.8 cm³/mol. The molecule has 1 aromatic heterocycles. The zero-order chi connectivity index (χ0) is 15.3. The molecule has 1 amide bonds. The molecule has 0 spiro atoms. The van der Waals surface area contributed by atoms with Gasteiger partial charge in [0.2, 0.25) is 5.89 Å². The molecular formula is C14H24N4O3. The van der Waals surface area contributed by atoms with Crippen molar-refractivity contribution < 1.29 is 14.1 Å². The molecule has 0 aliphatic carbocycles. The fourth-order valence-electron chi connectivity index (χ4n) is 2.33. The van der Waals surface area contributed by atoms with Gasteiger partial charge in [-0.25, -0.2) is 4.79 Å². The first-order chi connectivity index (χ1) is 9.94. The largest absolute Gasteiger partial charge is 0.444 e. The van der Waals surface area contributed by atoms with Gasteiger partial charge in [-0.2, -0.15) is 4.98 Å². The Morgan fingerprint density at radius 3 is 3.05 bits per heavy atom. The molecule has 1 atom stereocenters. The fourth-order valence-corrected chi connectivity index (χ4v) is 2.33. The average Bonchev–Trinajstić information content (AvgIpc) is 2.90. The van der Waals surface area contributed by atoms with Crippen molar-refractivity contribution in [2.75, 3.05) is 19.6 Å². The maximum atomic E-state index is 12.1. The molecule has 0 aromatic carbocycles. The number of aromatic nitrogens is 2. The number of piperidine rings is 1. The van der Waals surface area contributed by atoms with E-state index in [0.717, 1.165) is 25.9 Å². The molecule has 1 aliphatic rings. The van der Waals surface area contributed by atoms with Crippen LogP contribution >= 0.6 is 0 Å². The van der Waals surface area contributed by atoms with E-state index < -0.39 is 5.60 Å². The third kappa shape index (κ3) is 5.34. The lowest BCUT2D eigenvalue weighted by atomic mass is 10.1. The standard InChI is InChI=1S/C14H24N4O3/c1-14(2,3)20-13(19)18-8-4-5-11(9-18)15-7-6-12-16-10-17-21-12/h10-11,15H,4-9H2,1-3H3. The van der Waals surface area contributed by atoms with E-state index in [1.165, 1.54) is 6.33 Å². The number of amides is 1. The minimum Gasteiger partial charge on any atom is -0.444 e. The monoisotopic (exact) mass is 296 g/mol. The zero-order valence-electron chi connectivity index (χ0n) is 13.0. The molecule has 1 aromatic rings. The number of likely N-dealkylation sites (tertiary alicyclic amines) is 1. The Labute approximate surface area is 125 Å². The third-order valence-corrected chi connectivity index (χ3v) is 3.25. The molecule has 2 rings (SSSR count). The summed E-state index contributed by atoms with van der Waals surface area (Å²) in [7, 11) is 0. The van der Waals surface area contributed by atoms with Crippen LogP contribution in [0, 0.1) is 0 Å². The van der Waals surface area contributed by atoms with Crippen LogP contribution in [-0.2, 0) is 11.2 Å². The van der Waals surface area contributed by atoms with Crippen molar-refractivity contribution in [3.05, 3.63) is 12.2 Å². The molecule has 118 valence electrons. The smallest absolute Gasteiger partial charge is 0.410 e. The van der Waals surface area contributed by atoms with E-state index in [4.69, 9.17) is 9.26 Å². The highest BCUT2D eigenvalue weighted by molar-refractivity contribution is 5.68. The Balaban J connectivity index is 1.74. The summed E-state index contributed by atoms with van der Waals surface area (Å²) in [5.74, 6) is 0.627. The fraction of sp³-hybridized carbons (Fsp3) is 0.786. The highest BCUT2D eigenvalue weighted by Crippen LogP contribution is 2.15. The van der Waals surface area contributed by atoms with Crippen molar-refractivity contribution in [3.8, 4) is 0 Å². The molecular weight excluding hydrogens is 272 g/mol. The van der Waals surface area contributed by atoms with Crippen LogP contribution in [0.1, 0.15) is 39.5 Å². The first kappa shape index (κ1) is 15.8. The summed E-state index contributed by atoms with van der Waals surface area (Å²) in [5.41, 5.74) is -0.449. The van der Waals surface area contributed by atoms with Crippen LogP contribution in [0.25, 0.3) is 0 Å². The quantitative estimate of drug-likeness (QED) is 0.909. The van der Waals surface area contributed by atoms with Gasteiger partial charge in [0, 0.05) is 32.1 Å². The number of nitrogens with one attached hydrogen (secondary N) is 1. The van der Waals surface area contributed by atoms with Gasteiger partial charge in [-0.1, -0.05) is 5.16 Å². The second kappa shape index (κ2) is 6.89. The molecule has 7 heteroatoms. The lowest BCUT2D eigenvalue weighted by molar-refractivity contribution is 0.0187. The lowest BCUT2D eigenvalue weighted by Crippen LogP contribution is -2.49. The number of nitrogens with zero attached hydrogens (tertiary/aromatic N) is 3. The van der Waals surface area contributed by atoms with E-state index in [0.29, 0.717) is 18.9 Å². The van der Waals surface area contributed by atoms with Crippen molar-refractivity contribution in [2.45, 2.75) is 51.7 Å². The number of carbonyl (C=O) groups excluding carboxylic acids is 1. The van der Waals surface area contributed by atoms with Crippen LogP contribution < -0.4 is 5.32 Å². The number of hydrogen-bond acceptors (Lipinski definition) is 6. The first-order valence-electron chi connectivity index (χ1n) is 7.41. The molecule has 1 aliphatic heterocycles. The van der Waals surface area contributed by atoms with Crippen molar-refractivity contribution in [2.24, 2.45) is 0 Å². The van der Waals surface area contributed by atoms with Crippen molar-refractivity contribution in [1.29, 1.82) is 0 Å². The summed E-state index contributed by atoms with van der Waals surface area (Å²) >= 11 is 0. The summed E-state index contributed by atoms with van der Waals surface area (Å²) in [6, 6.07) is 0.286. The number of ether oxygens (including phenoxy) is 1. The van der Waals surface area contributed by atoms with Crippen LogP contribution in [0.5, 0.6) is 0 Å². The predicted octanol–water partition coefficient (Wildman–Crippen LogP) is 1.60. The minimum atomic E-state index is -0.449. The second-order valence-corrected chi connectivity index (χ2v) is 6.30. The van der Waals surface area contributed by atoms with Crippen LogP contribution in [0.15, 0.2) is 10.9 Å². The first-order valence-corrected chi connectivity index (χ1v) is 7.41. The minimum absolute atomic E-state index is 0.231. The summed E-state index contributed by atoms with van der Waals surface area (Å²) in [5, 5.41) is 7.00. The second-order valence-electron chi connectivity index (χ2n) is 6.30. The Morgan fingerprint density at radius 2 is 2.38 bits per heavy atom. The highest BCUT2D eigenvalue weighted by Gasteiger charge is 2.27. The number of rotatable bonds is 4. The Hall–Kier alpha value is -1.63. The lowest BCUT2D eigenvalue weighted by Gasteiger charge is -2.34. The van der Waals surface area contributed by atoms with E-state index in [-0.39, 0.29) is 12.1 Å². The SMILES string of the molecule is CC(C)(C)OC(=O)N1CCCC(NCCc2ncno2)C1. The van der Waals surface area contributed by atoms with E-state index in [1.54, 1.807) is 4.90 Å². The van der Waals surface area contributed by atoms with Gasteiger partial charge in [0.25, 0.3) is 0 Å². The summed E-state index contributed by atoms with van der Waals surface area (Å²) < 4.78 is 10.4. The van der Waals surface area contributed by atoms with Gasteiger partial charge in [0.1, 0.15) is 5.60 Å². The van der Waals surface area contributed by atoms with E-state index in [2.05, 4.69) is 15.5 Å². The molecule has 21 heavy (non-hydrogen) atoms. The Kier molecular flexibility index (Phi) is 5.17. The van der Waals surface area contributed by atoms with Gasteiger partial charge >= 0.3 is 6.09 Å². The summed E-state index contributed by atoms with van der Waals surface area (Å²) in [4.78, 5) is 17.8. The van der Waals surface area contributed by atoms with E-state index in [9.17, 15) is 4.79 Å². The maximum Gasteiger partial charge on any atom is 0.410 e. The van der Waals surface area contributed by atoms with Gasteiger partial charge in [0.15, 0.2) is 6.33 Å². The third-order valence-electron chi connectivity index (χ3n) is 3.25. The maximum absolute atomic E-state index is 12.1. The van der Waals surface area contributed by atoms with Crippen LogP contribution in [-0.4, -0.2) is 52.4 Å². The zero-order valence-corrected chi connectivity index (χ0v) is 13.0. The van der Waals surface area contributed by atoms with Gasteiger partial charge in [0.05, 0.1) is 0 Å². The van der Waals surface area contributed by atoms with Gasteiger partial charge in [-0.3, -0.25) is 0 Å². The van der Waals surface area contributed by atoms with E-state index >= 15 is 0 Å². The molecule has 1 fully saturated rings. The van der Waals surface area contributed by atoms with Crippen LogP contribution in [0.2, 0.25) is 0 Å². The molecule has 7 nitrogen and oxygen atoms in total. The Morgan fingerprint density at radius 1 is 1.57 bits per heavy atom. The topological polar surface area (TPSA) is 80.5 Å². The van der Waals surface area contributed by atoms with Crippen LogP contribution in [0.3, 0.4) is 0 Å². The van der Waals surface area contributed by atoms with Gasteiger partial charge in [-0.05, 0) is 33.6 Å². The Bertz CT molecular complexity index is 442. The normalized spacial score (nSPS) is 19.6. The van der Waals surface area contributed by atoms with Crippen molar-refractivity contribution in [1.82, 2.24) is 20.4 Å². The van der Waals surface area contributed by atoms with Crippen LogP contribution in [0.4, 0.5) is 4.79 Å². The molecule has 1 unspecified atom stereocenters. The van der Waals surface area contributed by atoms with Gasteiger partial charge < -0.3 is 19.5 Å². The molecule has 0 radical (unpaired) electrons. The molecule has 0 saturated carbocycles. The van der Waals surface area contributed by atoms with E-state index in [1.807, 2.05) is 20.8 Å². The average molecular weight is 296 g/mol. The summed E-state index contributed by atoms with van der Waals surface area (Å²) in [6.07, 6.45) is 3.91. The molecule has 1 N–H and O–H groups in total. The van der Waals surface area contributed by atoms with Crippen molar-refractivity contribution >= 4 is 6.09 Å². The number of carbonyl (C=O) groups is 1. The summed E-state index contributed by atoms with van der Waals surface area (Å²) in [6.45, 7) is 7.85. The van der Waals surface area contributed by atoms with Crippen molar-refractivity contribution in [3.63, 3.8) is 0 Å².